The second-order valence-corrected chi connectivity index (χ2v) is 5.71. The molecular weight excluding hydrogens is 337 g/mol. The van der Waals surface area contributed by atoms with E-state index in [1.54, 1.807) is 7.11 Å². The molecule has 0 spiro atoms. The van der Waals surface area contributed by atoms with Gasteiger partial charge in [-0.1, -0.05) is 0 Å². The number of nitrogens with zero attached hydrogens (tertiary/aromatic N) is 1. The van der Waals surface area contributed by atoms with Crippen molar-refractivity contribution < 1.29 is 4.74 Å². The van der Waals surface area contributed by atoms with Gasteiger partial charge in [-0.3, -0.25) is 4.99 Å². The Balaban J connectivity index is 0.00000225. The topological polar surface area (TPSA) is 59.6 Å². The Labute approximate surface area is 119 Å². The molecule has 0 aromatic carbocycles. The van der Waals surface area contributed by atoms with Crippen LogP contribution in [-0.4, -0.2) is 43.3 Å². The lowest BCUT2D eigenvalue weighted by atomic mass is 10.1. The molecule has 0 saturated carbocycles. The van der Waals surface area contributed by atoms with Crippen LogP contribution in [-0.2, 0) is 4.74 Å². The summed E-state index contributed by atoms with van der Waals surface area (Å²) in [4.78, 5) is 4.36. The van der Waals surface area contributed by atoms with Crippen LogP contribution in [0.4, 0.5) is 0 Å². The first-order valence-electron chi connectivity index (χ1n) is 5.33. The van der Waals surface area contributed by atoms with E-state index >= 15 is 0 Å². The molecule has 1 heterocycles. The molecule has 0 aromatic heterocycles. The Kier molecular flexibility index (Phi) is 8.57. The van der Waals surface area contributed by atoms with Crippen LogP contribution in [0.2, 0.25) is 0 Å². The van der Waals surface area contributed by atoms with Crippen molar-refractivity contribution in [1.82, 2.24) is 5.32 Å². The van der Waals surface area contributed by atoms with Crippen LogP contribution in [0.1, 0.15) is 19.8 Å². The Morgan fingerprint density at radius 3 is 2.94 bits per heavy atom. The summed E-state index contributed by atoms with van der Waals surface area (Å²) < 4.78 is 5.21. The number of rotatable bonds is 5. The summed E-state index contributed by atoms with van der Waals surface area (Å²) in [6.45, 7) is 4.44. The zero-order chi connectivity index (χ0) is 11.1. The van der Waals surface area contributed by atoms with Crippen LogP contribution in [0.5, 0.6) is 0 Å². The van der Waals surface area contributed by atoms with Crippen molar-refractivity contribution in [2.75, 3.05) is 32.6 Å². The summed E-state index contributed by atoms with van der Waals surface area (Å²) in [5, 5.41) is 3.02. The molecule has 0 bridgehead atoms. The lowest BCUT2D eigenvalue weighted by molar-refractivity contribution is 0.204. The zero-order valence-electron chi connectivity index (χ0n) is 9.99. The summed E-state index contributed by atoms with van der Waals surface area (Å²) in [5.41, 5.74) is 5.73. The van der Waals surface area contributed by atoms with E-state index in [1.807, 2.05) is 11.8 Å². The maximum Gasteiger partial charge on any atom is 0.188 e. The predicted octanol–water partition coefficient (Wildman–Crippen LogP) is 1.44. The van der Waals surface area contributed by atoms with Crippen molar-refractivity contribution in [3.8, 4) is 0 Å². The molecule has 0 aromatic rings. The second kappa shape index (κ2) is 8.41. The molecule has 1 unspecified atom stereocenters. The largest absolute Gasteiger partial charge is 0.383 e. The van der Waals surface area contributed by atoms with Crippen LogP contribution >= 0.6 is 35.7 Å². The van der Waals surface area contributed by atoms with Crippen LogP contribution in [0.25, 0.3) is 0 Å². The molecule has 16 heavy (non-hydrogen) atoms. The van der Waals surface area contributed by atoms with Gasteiger partial charge >= 0.3 is 0 Å². The molecule has 6 heteroatoms. The quantitative estimate of drug-likeness (QED) is 0.338. The van der Waals surface area contributed by atoms with Crippen LogP contribution < -0.4 is 11.1 Å². The minimum atomic E-state index is 0. The summed E-state index contributed by atoms with van der Waals surface area (Å²) in [5.74, 6) is 1.78. The van der Waals surface area contributed by atoms with Crippen molar-refractivity contribution in [2.45, 2.75) is 24.5 Å². The van der Waals surface area contributed by atoms with E-state index in [1.165, 1.54) is 18.6 Å². The first-order valence-corrected chi connectivity index (χ1v) is 6.31. The first kappa shape index (κ1) is 16.3. The molecule has 1 rings (SSSR count). The van der Waals surface area contributed by atoms with Gasteiger partial charge in [0.1, 0.15) is 0 Å². The molecule has 0 amide bonds. The van der Waals surface area contributed by atoms with Crippen molar-refractivity contribution in [1.29, 1.82) is 0 Å². The van der Waals surface area contributed by atoms with Crippen LogP contribution in [0, 0.1) is 0 Å². The second-order valence-electron chi connectivity index (χ2n) is 4.02. The molecule has 1 aliphatic rings. The predicted molar refractivity (Wildman–Crippen MR) is 81.9 cm³/mol. The fraction of sp³-hybridized carbons (Fsp3) is 0.900. The molecular formula is C10H22IN3OS. The minimum absolute atomic E-state index is 0. The third-order valence-corrected chi connectivity index (χ3v) is 4.02. The molecule has 4 nitrogen and oxygen atoms in total. The number of ether oxygens (including phenoxy) is 1. The number of hydrogen-bond acceptors (Lipinski definition) is 3. The van der Waals surface area contributed by atoms with E-state index in [4.69, 9.17) is 10.5 Å². The van der Waals surface area contributed by atoms with E-state index in [-0.39, 0.29) is 24.0 Å². The molecule has 0 aliphatic carbocycles. The maximum absolute atomic E-state index is 5.73. The number of halogens is 1. The Morgan fingerprint density at radius 1 is 1.62 bits per heavy atom. The van der Waals surface area contributed by atoms with Gasteiger partial charge < -0.3 is 15.8 Å². The summed E-state index contributed by atoms with van der Waals surface area (Å²) >= 11 is 2.00. The highest BCUT2D eigenvalue weighted by atomic mass is 127. The number of nitrogens with two attached hydrogens (primary N) is 1. The first-order chi connectivity index (χ1) is 7.16. The van der Waals surface area contributed by atoms with Gasteiger partial charge in [-0.05, 0) is 25.5 Å². The summed E-state index contributed by atoms with van der Waals surface area (Å²) in [7, 11) is 1.67. The zero-order valence-corrected chi connectivity index (χ0v) is 13.1. The average molecular weight is 359 g/mol. The number of methoxy groups -OCH3 is 1. The van der Waals surface area contributed by atoms with Gasteiger partial charge in [-0.2, -0.15) is 11.8 Å². The van der Waals surface area contributed by atoms with Gasteiger partial charge in [0.2, 0.25) is 0 Å². The highest BCUT2D eigenvalue weighted by molar-refractivity contribution is 14.0. The van der Waals surface area contributed by atoms with Crippen LogP contribution in [0.15, 0.2) is 4.99 Å². The maximum atomic E-state index is 5.73. The van der Waals surface area contributed by atoms with Crippen LogP contribution in [0.3, 0.4) is 0 Å². The van der Waals surface area contributed by atoms with Crippen molar-refractivity contribution in [3.05, 3.63) is 0 Å². The van der Waals surface area contributed by atoms with Gasteiger partial charge in [0.15, 0.2) is 5.96 Å². The van der Waals surface area contributed by atoms with Gasteiger partial charge in [0.25, 0.3) is 0 Å². The molecule has 0 radical (unpaired) electrons. The monoisotopic (exact) mass is 359 g/mol. The van der Waals surface area contributed by atoms with E-state index in [2.05, 4.69) is 17.2 Å². The number of aliphatic imine (C=N–C) groups is 1. The smallest absolute Gasteiger partial charge is 0.188 e. The number of hydrogen-bond donors (Lipinski definition) is 2. The highest BCUT2D eigenvalue weighted by Crippen LogP contribution is 2.37. The fourth-order valence-corrected chi connectivity index (χ4v) is 2.78. The third kappa shape index (κ3) is 6.15. The molecule has 1 saturated heterocycles. The lowest BCUT2D eigenvalue weighted by Gasteiger charge is -2.19. The summed E-state index contributed by atoms with van der Waals surface area (Å²) in [6.07, 6.45) is 2.54. The van der Waals surface area contributed by atoms with Gasteiger partial charge in [0.05, 0.1) is 13.2 Å². The van der Waals surface area contributed by atoms with E-state index < -0.39 is 0 Å². The van der Waals surface area contributed by atoms with Crippen molar-refractivity contribution in [3.63, 3.8) is 0 Å². The molecule has 96 valence electrons. The molecule has 1 fully saturated rings. The van der Waals surface area contributed by atoms with Crippen molar-refractivity contribution >= 4 is 41.7 Å². The minimum Gasteiger partial charge on any atom is -0.383 e. The molecule has 1 aliphatic heterocycles. The summed E-state index contributed by atoms with van der Waals surface area (Å²) in [6, 6.07) is 0. The normalized spacial score (nSPS) is 25.2. The van der Waals surface area contributed by atoms with Gasteiger partial charge in [-0.15, -0.1) is 24.0 Å². The number of thioether (sulfide) groups is 1. The van der Waals surface area contributed by atoms with E-state index in [0.29, 0.717) is 17.3 Å². The van der Waals surface area contributed by atoms with Gasteiger partial charge in [-0.25, -0.2) is 0 Å². The van der Waals surface area contributed by atoms with Gasteiger partial charge in [0, 0.05) is 18.4 Å². The Bertz CT molecular complexity index is 220. The standard InChI is InChI=1S/C10H21N3OS.HI/c1-10(4-3-7-15-10)8-13-9(11)12-5-6-14-2;/h3-8H2,1-2H3,(H3,11,12,13);1H. The SMILES string of the molecule is COCCNC(N)=NCC1(C)CCCS1.I. The van der Waals surface area contributed by atoms with Crippen molar-refractivity contribution in [2.24, 2.45) is 10.7 Å². The highest BCUT2D eigenvalue weighted by Gasteiger charge is 2.28. The van der Waals surface area contributed by atoms with E-state index in [9.17, 15) is 0 Å². The third-order valence-electron chi connectivity index (χ3n) is 2.50. The lowest BCUT2D eigenvalue weighted by Crippen LogP contribution is -2.35. The number of guanidine groups is 1. The Morgan fingerprint density at radius 2 is 2.38 bits per heavy atom. The fourth-order valence-electron chi connectivity index (χ4n) is 1.55. The number of nitrogens with one attached hydrogen (secondary N) is 1. The molecule has 3 N–H and O–H groups in total. The Hall–Kier alpha value is 0.310. The molecule has 1 atom stereocenters. The average Bonchev–Trinajstić information content (AvgIpc) is 2.64. The van der Waals surface area contributed by atoms with E-state index in [0.717, 1.165) is 13.1 Å².